The van der Waals surface area contributed by atoms with Gasteiger partial charge < -0.3 is 9.47 Å². The first kappa shape index (κ1) is 19.0. The maximum atomic E-state index is 12.5. The van der Waals surface area contributed by atoms with E-state index >= 15 is 0 Å². The van der Waals surface area contributed by atoms with E-state index in [1.165, 1.54) is 0 Å². The molecule has 0 spiro atoms. The molecule has 0 unspecified atom stereocenters. The standard InChI is InChI=1S/C23H21N5O3/c1-4-30-22(29)20-19-12-27-21(17-11-15(3)8-9-18(17)28(19)13-24-20)25-26-23(27)31-16-7-5-6-14(2)10-16/h5-11,13H,4,12H2,1-3H3. The first-order valence-corrected chi connectivity index (χ1v) is 10.1. The van der Waals surface area contributed by atoms with Crippen LogP contribution in [0.15, 0.2) is 48.8 Å². The van der Waals surface area contributed by atoms with E-state index in [9.17, 15) is 4.79 Å². The van der Waals surface area contributed by atoms with Crippen LogP contribution in [0.4, 0.5) is 0 Å². The van der Waals surface area contributed by atoms with Gasteiger partial charge in [0.2, 0.25) is 0 Å². The Kier molecular flexibility index (Phi) is 4.54. The van der Waals surface area contributed by atoms with Gasteiger partial charge in [-0.15, -0.1) is 5.10 Å². The van der Waals surface area contributed by atoms with E-state index in [-0.39, 0.29) is 12.3 Å². The van der Waals surface area contributed by atoms with Gasteiger partial charge in [0, 0.05) is 5.56 Å². The molecule has 1 aliphatic rings. The minimum atomic E-state index is -0.456. The topological polar surface area (TPSA) is 84.1 Å². The molecule has 5 rings (SSSR count). The van der Waals surface area contributed by atoms with Crippen LogP contribution in [0.2, 0.25) is 0 Å². The number of hydrogen-bond acceptors (Lipinski definition) is 6. The third kappa shape index (κ3) is 3.26. The highest BCUT2D eigenvalue weighted by Gasteiger charge is 2.29. The molecular formula is C23H21N5O3. The summed E-state index contributed by atoms with van der Waals surface area (Å²) in [5, 5.41) is 8.74. The normalized spacial score (nSPS) is 11.8. The molecule has 0 fully saturated rings. The van der Waals surface area contributed by atoms with Crippen molar-refractivity contribution in [3.05, 3.63) is 71.3 Å². The van der Waals surface area contributed by atoms with Crippen molar-refractivity contribution < 1.29 is 14.3 Å². The molecule has 0 radical (unpaired) electrons. The van der Waals surface area contributed by atoms with Crippen molar-refractivity contribution in [2.45, 2.75) is 27.3 Å². The van der Waals surface area contributed by atoms with Gasteiger partial charge in [0.1, 0.15) is 12.1 Å². The van der Waals surface area contributed by atoms with Gasteiger partial charge in [-0.1, -0.05) is 28.9 Å². The first-order valence-electron chi connectivity index (χ1n) is 10.1. The minimum absolute atomic E-state index is 0.274. The average Bonchev–Trinajstić information content (AvgIpc) is 3.30. The summed E-state index contributed by atoms with van der Waals surface area (Å²) in [5.74, 6) is 0.880. The Morgan fingerprint density at radius 2 is 1.94 bits per heavy atom. The van der Waals surface area contributed by atoms with E-state index in [1.54, 1.807) is 13.3 Å². The Morgan fingerprint density at radius 3 is 2.74 bits per heavy atom. The lowest BCUT2D eigenvalue weighted by atomic mass is 10.1. The number of rotatable bonds is 4. The molecule has 4 aromatic rings. The van der Waals surface area contributed by atoms with E-state index in [4.69, 9.17) is 9.47 Å². The van der Waals surface area contributed by atoms with Gasteiger partial charge in [0.05, 0.1) is 24.5 Å². The first-order chi connectivity index (χ1) is 15.0. The van der Waals surface area contributed by atoms with Crippen molar-refractivity contribution in [1.82, 2.24) is 24.3 Å². The van der Waals surface area contributed by atoms with Crippen LogP contribution in [0.5, 0.6) is 11.8 Å². The fourth-order valence-electron chi connectivity index (χ4n) is 3.78. The van der Waals surface area contributed by atoms with Crippen molar-refractivity contribution in [2.75, 3.05) is 6.61 Å². The van der Waals surface area contributed by atoms with Gasteiger partial charge in [-0.2, -0.15) is 0 Å². The van der Waals surface area contributed by atoms with Crippen molar-refractivity contribution in [3.8, 4) is 28.8 Å². The van der Waals surface area contributed by atoms with Crippen molar-refractivity contribution in [1.29, 1.82) is 0 Å². The number of aromatic nitrogens is 5. The molecule has 0 saturated carbocycles. The van der Waals surface area contributed by atoms with Gasteiger partial charge in [-0.3, -0.25) is 9.13 Å². The Balaban J connectivity index is 1.68. The molecule has 8 heteroatoms. The highest BCUT2D eigenvalue weighted by molar-refractivity contribution is 5.89. The lowest BCUT2D eigenvalue weighted by Crippen LogP contribution is -2.12. The van der Waals surface area contributed by atoms with Gasteiger partial charge in [-0.05, 0) is 50.6 Å². The number of hydrogen-bond donors (Lipinski definition) is 0. The maximum absolute atomic E-state index is 12.5. The van der Waals surface area contributed by atoms with Crippen LogP contribution in [0, 0.1) is 13.8 Å². The number of aryl methyl sites for hydroxylation is 2. The molecule has 3 heterocycles. The van der Waals surface area contributed by atoms with Crippen molar-refractivity contribution >= 4 is 5.97 Å². The smallest absolute Gasteiger partial charge is 0.358 e. The summed E-state index contributed by atoms with van der Waals surface area (Å²) < 4.78 is 15.1. The molecule has 31 heavy (non-hydrogen) atoms. The van der Waals surface area contributed by atoms with Crippen LogP contribution in [0.25, 0.3) is 17.1 Å². The van der Waals surface area contributed by atoms with E-state index in [1.807, 2.05) is 65.4 Å². The summed E-state index contributed by atoms with van der Waals surface area (Å²) in [6.07, 6.45) is 1.65. The number of benzene rings is 2. The molecule has 0 atom stereocenters. The fourth-order valence-corrected chi connectivity index (χ4v) is 3.78. The molecule has 156 valence electrons. The molecule has 2 aromatic carbocycles. The van der Waals surface area contributed by atoms with Crippen molar-refractivity contribution in [2.24, 2.45) is 0 Å². The number of ether oxygens (including phenoxy) is 2. The second kappa shape index (κ2) is 7.39. The average molecular weight is 415 g/mol. The summed E-state index contributed by atoms with van der Waals surface area (Å²) in [6.45, 7) is 6.39. The second-order valence-electron chi connectivity index (χ2n) is 7.46. The summed E-state index contributed by atoms with van der Waals surface area (Å²) >= 11 is 0. The largest absolute Gasteiger partial charge is 0.461 e. The zero-order chi connectivity index (χ0) is 21.5. The van der Waals surface area contributed by atoms with E-state index in [0.29, 0.717) is 29.8 Å². The van der Waals surface area contributed by atoms with E-state index < -0.39 is 5.97 Å². The summed E-state index contributed by atoms with van der Waals surface area (Å²) in [6, 6.07) is 14.1. The Morgan fingerprint density at radius 1 is 1.10 bits per heavy atom. The molecule has 0 N–H and O–H groups in total. The molecule has 1 aliphatic heterocycles. The van der Waals surface area contributed by atoms with Crippen LogP contribution in [0.3, 0.4) is 0 Å². The number of fused-ring (bicyclic) bond motifs is 5. The maximum Gasteiger partial charge on any atom is 0.358 e. The van der Waals surface area contributed by atoms with Gasteiger partial charge in [0.25, 0.3) is 0 Å². The lowest BCUT2D eigenvalue weighted by molar-refractivity contribution is 0.0518. The molecule has 0 aliphatic carbocycles. The number of carbonyl (C=O) groups excluding carboxylic acids is 1. The molecule has 0 bridgehead atoms. The summed E-state index contributed by atoms with van der Waals surface area (Å²) in [5.41, 5.74) is 4.89. The summed E-state index contributed by atoms with van der Waals surface area (Å²) in [7, 11) is 0. The Hall–Kier alpha value is -3.94. The zero-order valence-corrected chi connectivity index (χ0v) is 17.5. The predicted molar refractivity (Wildman–Crippen MR) is 114 cm³/mol. The number of imidazole rings is 1. The molecule has 0 saturated heterocycles. The second-order valence-corrected chi connectivity index (χ2v) is 7.46. The van der Waals surface area contributed by atoms with Gasteiger partial charge in [0.15, 0.2) is 11.5 Å². The van der Waals surface area contributed by atoms with E-state index in [2.05, 4.69) is 15.2 Å². The summed E-state index contributed by atoms with van der Waals surface area (Å²) in [4.78, 5) is 16.9. The van der Waals surface area contributed by atoms with Crippen LogP contribution in [0.1, 0.15) is 34.2 Å². The SMILES string of the molecule is CCOC(=O)c1ncn2c1Cn1c(Oc3cccc(C)c3)nnc1-c1cc(C)ccc1-2. The fraction of sp³-hybridized carbons (Fsp3) is 0.217. The third-order valence-electron chi connectivity index (χ3n) is 5.21. The lowest BCUT2D eigenvalue weighted by Gasteiger charge is -2.10. The minimum Gasteiger partial charge on any atom is -0.461 e. The Bertz CT molecular complexity index is 1300. The number of nitrogens with zero attached hydrogens (tertiary/aromatic N) is 5. The number of carbonyl (C=O) groups is 1. The van der Waals surface area contributed by atoms with Crippen LogP contribution >= 0.6 is 0 Å². The van der Waals surface area contributed by atoms with E-state index in [0.717, 1.165) is 22.4 Å². The monoisotopic (exact) mass is 415 g/mol. The zero-order valence-electron chi connectivity index (χ0n) is 17.5. The van der Waals surface area contributed by atoms with Gasteiger partial charge >= 0.3 is 12.0 Å². The number of esters is 1. The van der Waals surface area contributed by atoms with Gasteiger partial charge in [-0.25, -0.2) is 9.78 Å². The molecule has 2 aromatic heterocycles. The predicted octanol–water partition coefficient (Wildman–Crippen LogP) is 4.08. The van der Waals surface area contributed by atoms with Crippen LogP contribution in [-0.2, 0) is 11.3 Å². The van der Waals surface area contributed by atoms with Crippen LogP contribution < -0.4 is 4.74 Å². The van der Waals surface area contributed by atoms with Crippen LogP contribution in [-0.4, -0.2) is 36.9 Å². The highest BCUT2D eigenvalue weighted by Crippen LogP contribution is 2.35. The molecule has 0 amide bonds. The quantitative estimate of drug-likeness (QED) is 0.411. The molecule has 8 nitrogen and oxygen atoms in total. The third-order valence-corrected chi connectivity index (χ3v) is 5.21. The Labute approximate surface area is 179 Å². The molecular weight excluding hydrogens is 394 g/mol. The highest BCUT2D eigenvalue weighted by atomic mass is 16.5. The van der Waals surface area contributed by atoms with Crippen molar-refractivity contribution in [3.63, 3.8) is 0 Å².